The number of nitrogens with one attached hydrogen (secondary N) is 1. The van der Waals surface area contributed by atoms with Gasteiger partial charge in [-0.2, -0.15) is 0 Å². The third kappa shape index (κ3) is 6.94. The standard InChI is InChI=1S/C29H34ClN3O4S/c1-5-17-31-29(35)23(4)32(19-24-12-10-9-11-21(24)2)28(34)20-33(27-16-15-25(30)18-22(27)3)38(36,37)26-13-7-6-8-14-26/h6-16,18,23H,5,17,19-20H2,1-4H3,(H,31,35)/t23-/m0/s1. The van der Waals surface area contributed by atoms with E-state index < -0.39 is 28.5 Å². The van der Waals surface area contributed by atoms with Crippen LogP contribution in [0.25, 0.3) is 0 Å². The highest BCUT2D eigenvalue weighted by Crippen LogP contribution is 2.29. The summed E-state index contributed by atoms with van der Waals surface area (Å²) in [5, 5.41) is 3.30. The van der Waals surface area contributed by atoms with Gasteiger partial charge >= 0.3 is 0 Å². The molecule has 1 atom stereocenters. The molecular formula is C29H34ClN3O4S. The van der Waals surface area contributed by atoms with Crippen molar-refractivity contribution in [3.63, 3.8) is 0 Å². The van der Waals surface area contributed by atoms with E-state index in [1.807, 2.05) is 38.1 Å². The monoisotopic (exact) mass is 555 g/mol. The number of aryl methyl sites for hydroxylation is 2. The van der Waals surface area contributed by atoms with Crippen LogP contribution in [0.4, 0.5) is 5.69 Å². The molecule has 0 aliphatic heterocycles. The Hall–Kier alpha value is -3.36. The van der Waals surface area contributed by atoms with E-state index in [4.69, 9.17) is 11.6 Å². The van der Waals surface area contributed by atoms with E-state index in [1.165, 1.54) is 17.0 Å². The van der Waals surface area contributed by atoms with Gasteiger partial charge in [0, 0.05) is 18.1 Å². The number of carbonyl (C=O) groups is 2. The van der Waals surface area contributed by atoms with Crippen LogP contribution in [0.2, 0.25) is 5.02 Å². The Labute approximate surface area is 230 Å². The van der Waals surface area contributed by atoms with Gasteiger partial charge in [0.05, 0.1) is 10.6 Å². The highest BCUT2D eigenvalue weighted by Gasteiger charge is 2.33. The number of benzene rings is 3. The Morgan fingerprint density at radius 1 is 0.947 bits per heavy atom. The van der Waals surface area contributed by atoms with Gasteiger partial charge in [-0.05, 0) is 74.2 Å². The fourth-order valence-electron chi connectivity index (χ4n) is 4.08. The Kier molecular flexibility index (Phi) is 9.94. The lowest BCUT2D eigenvalue weighted by molar-refractivity contribution is -0.139. The number of anilines is 1. The van der Waals surface area contributed by atoms with E-state index in [0.717, 1.165) is 21.9 Å². The van der Waals surface area contributed by atoms with E-state index in [0.29, 0.717) is 22.8 Å². The fraction of sp³-hybridized carbons (Fsp3) is 0.310. The van der Waals surface area contributed by atoms with E-state index in [9.17, 15) is 18.0 Å². The number of carbonyl (C=O) groups excluding carboxylic acids is 2. The number of hydrogen-bond donors (Lipinski definition) is 1. The van der Waals surface area contributed by atoms with E-state index >= 15 is 0 Å². The summed E-state index contributed by atoms with van der Waals surface area (Å²) in [7, 11) is -4.12. The summed E-state index contributed by atoms with van der Waals surface area (Å²) in [6.07, 6.45) is 0.753. The normalized spacial score (nSPS) is 12.0. The smallest absolute Gasteiger partial charge is 0.264 e. The van der Waals surface area contributed by atoms with Crippen molar-refractivity contribution in [3.05, 3.63) is 94.5 Å². The topological polar surface area (TPSA) is 86.8 Å². The molecule has 0 saturated carbocycles. The van der Waals surface area contributed by atoms with Crippen LogP contribution in [0, 0.1) is 13.8 Å². The van der Waals surface area contributed by atoms with E-state index in [2.05, 4.69) is 5.32 Å². The lowest BCUT2D eigenvalue weighted by atomic mass is 10.1. The zero-order chi connectivity index (χ0) is 27.9. The zero-order valence-electron chi connectivity index (χ0n) is 22.1. The largest absolute Gasteiger partial charge is 0.354 e. The summed E-state index contributed by atoms with van der Waals surface area (Å²) in [5.74, 6) is -0.796. The van der Waals surface area contributed by atoms with Crippen molar-refractivity contribution in [1.82, 2.24) is 10.2 Å². The molecule has 1 N–H and O–H groups in total. The average Bonchev–Trinajstić information content (AvgIpc) is 2.90. The molecule has 0 saturated heterocycles. The number of rotatable bonds is 11. The molecular weight excluding hydrogens is 522 g/mol. The van der Waals surface area contributed by atoms with Crippen LogP contribution in [-0.2, 0) is 26.2 Å². The molecule has 3 aromatic rings. The number of sulfonamides is 1. The summed E-state index contributed by atoms with van der Waals surface area (Å²) in [6, 6.07) is 19.6. The van der Waals surface area contributed by atoms with Crippen molar-refractivity contribution >= 4 is 39.1 Å². The predicted molar refractivity (Wildman–Crippen MR) is 152 cm³/mol. The molecule has 3 rings (SSSR count). The first-order valence-corrected chi connectivity index (χ1v) is 14.3. The molecule has 0 aromatic heterocycles. The first kappa shape index (κ1) is 29.2. The second-order valence-electron chi connectivity index (χ2n) is 9.17. The molecule has 202 valence electrons. The van der Waals surface area contributed by atoms with Crippen molar-refractivity contribution in [1.29, 1.82) is 0 Å². The first-order valence-electron chi connectivity index (χ1n) is 12.5. The Bertz CT molecular complexity index is 1380. The lowest BCUT2D eigenvalue weighted by Gasteiger charge is -2.32. The van der Waals surface area contributed by atoms with Crippen LogP contribution in [0.15, 0.2) is 77.7 Å². The molecule has 2 amide bonds. The van der Waals surface area contributed by atoms with E-state index in [-0.39, 0.29) is 17.3 Å². The Balaban J connectivity index is 2.05. The minimum Gasteiger partial charge on any atom is -0.354 e. The molecule has 0 spiro atoms. The second-order valence-corrected chi connectivity index (χ2v) is 11.5. The first-order chi connectivity index (χ1) is 18.1. The second kappa shape index (κ2) is 12.9. The molecule has 0 aliphatic carbocycles. The van der Waals surface area contributed by atoms with Gasteiger partial charge in [0.15, 0.2) is 0 Å². The molecule has 0 radical (unpaired) electrons. The molecule has 0 bridgehead atoms. The minimum absolute atomic E-state index is 0.0568. The maximum Gasteiger partial charge on any atom is 0.264 e. The number of hydrogen-bond acceptors (Lipinski definition) is 4. The van der Waals surface area contributed by atoms with Crippen molar-refractivity contribution in [2.24, 2.45) is 0 Å². The van der Waals surface area contributed by atoms with Crippen LogP contribution in [0.3, 0.4) is 0 Å². The summed E-state index contributed by atoms with van der Waals surface area (Å²) in [4.78, 5) is 28.4. The maximum absolute atomic E-state index is 13.9. The van der Waals surface area contributed by atoms with Crippen LogP contribution < -0.4 is 9.62 Å². The zero-order valence-corrected chi connectivity index (χ0v) is 23.7. The molecule has 3 aromatic carbocycles. The Morgan fingerprint density at radius 2 is 1.61 bits per heavy atom. The van der Waals surface area contributed by atoms with Crippen molar-refractivity contribution in [2.45, 2.75) is 51.6 Å². The number of amides is 2. The summed E-state index contributed by atoms with van der Waals surface area (Å²) < 4.78 is 28.8. The predicted octanol–water partition coefficient (Wildman–Crippen LogP) is 5.10. The van der Waals surface area contributed by atoms with Crippen molar-refractivity contribution in [2.75, 3.05) is 17.4 Å². The third-order valence-electron chi connectivity index (χ3n) is 6.36. The lowest BCUT2D eigenvalue weighted by Crippen LogP contribution is -2.51. The molecule has 0 unspecified atom stereocenters. The van der Waals surface area contributed by atoms with Gasteiger partial charge in [0.1, 0.15) is 12.6 Å². The van der Waals surface area contributed by atoms with Crippen LogP contribution in [0.5, 0.6) is 0 Å². The Morgan fingerprint density at radius 3 is 2.24 bits per heavy atom. The molecule has 0 aliphatic rings. The maximum atomic E-state index is 13.9. The van der Waals surface area contributed by atoms with Gasteiger partial charge in [-0.1, -0.05) is 61.0 Å². The molecule has 0 heterocycles. The van der Waals surface area contributed by atoms with Gasteiger partial charge < -0.3 is 10.2 Å². The van der Waals surface area contributed by atoms with Crippen LogP contribution in [-0.4, -0.2) is 44.3 Å². The van der Waals surface area contributed by atoms with Gasteiger partial charge in [0.25, 0.3) is 10.0 Å². The van der Waals surface area contributed by atoms with Crippen molar-refractivity contribution in [3.8, 4) is 0 Å². The minimum atomic E-state index is -4.12. The van der Waals surface area contributed by atoms with Gasteiger partial charge in [-0.15, -0.1) is 0 Å². The number of halogens is 1. The summed E-state index contributed by atoms with van der Waals surface area (Å²) >= 11 is 6.14. The van der Waals surface area contributed by atoms with Gasteiger partial charge in [-0.3, -0.25) is 13.9 Å². The SMILES string of the molecule is CCCNC(=O)[C@H](C)N(Cc1ccccc1C)C(=O)CN(c1ccc(Cl)cc1C)S(=O)(=O)c1ccccc1. The van der Waals surface area contributed by atoms with Gasteiger partial charge in [-0.25, -0.2) is 8.42 Å². The number of nitrogens with zero attached hydrogens (tertiary/aromatic N) is 2. The highest BCUT2D eigenvalue weighted by molar-refractivity contribution is 7.92. The van der Waals surface area contributed by atoms with Crippen molar-refractivity contribution < 1.29 is 18.0 Å². The molecule has 7 nitrogen and oxygen atoms in total. The quantitative estimate of drug-likeness (QED) is 0.357. The third-order valence-corrected chi connectivity index (χ3v) is 8.37. The summed E-state index contributed by atoms with van der Waals surface area (Å²) in [5.41, 5.74) is 2.78. The average molecular weight is 556 g/mol. The van der Waals surface area contributed by atoms with Gasteiger partial charge in [0.2, 0.25) is 11.8 Å². The van der Waals surface area contributed by atoms with E-state index in [1.54, 1.807) is 50.2 Å². The highest BCUT2D eigenvalue weighted by atomic mass is 35.5. The molecule has 38 heavy (non-hydrogen) atoms. The molecule has 9 heteroatoms. The summed E-state index contributed by atoms with van der Waals surface area (Å²) in [6.45, 7) is 7.43. The molecule has 0 fully saturated rings. The van der Waals surface area contributed by atoms with Crippen LogP contribution in [0.1, 0.15) is 37.0 Å². The van der Waals surface area contributed by atoms with Crippen LogP contribution >= 0.6 is 11.6 Å². The fourth-order valence-corrected chi connectivity index (χ4v) is 5.81.